The highest BCUT2D eigenvalue weighted by molar-refractivity contribution is 6.30. The Morgan fingerprint density at radius 1 is 1.00 bits per heavy atom. The van der Waals surface area contributed by atoms with E-state index >= 15 is 0 Å². The second-order valence-corrected chi connectivity index (χ2v) is 7.34. The minimum atomic E-state index is -0.640. The van der Waals surface area contributed by atoms with E-state index in [2.05, 4.69) is 9.98 Å². The zero-order valence-corrected chi connectivity index (χ0v) is 17.0. The number of imidazole rings is 1. The highest BCUT2D eigenvalue weighted by Crippen LogP contribution is 2.25. The molecular formula is C24H19ClFN3O. The maximum atomic E-state index is 14.0. The monoisotopic (exact) mass is 419 g/mol. The van der Waals surface area contributed by atoms with Crippen molar-refractivity contribution < 1.29 is 9.18 Å². The molecule has 30 heavy (non-hydrogen) atoms. The van der Waals surface area contributed by atoms with Crippen molar-refractivity contribution >= 4 is 17.5 Å². The molecule has 1 N–H and O–H groups in total. The van der Waals surface area contributed by atoms with Crippen LogP contribution in [0.25, 0.3) is 11.3 Å². The van der Waals surface area contributed by atoms with Crippen LogP contribution in [0.5, 0.6) is 0 Å². The smallest absolute Gasteiger partial charge is 0.283 e. The van der Waals surface area contributed by atoms with Gasteiger partial charge in [0.05, 0.1) is 11.3 Å². The van der Waals surface area contributed by atoms with Gasteiger partial charge in [0.25, 0.3) is 5.91 Å². The van der Waals surface area contributed by atoms with Crippen molar-refractivity contribution in [3.05, 3.63) is 112 Å². The molecule has 1 heterocycles. The Hall–Kier alpha value is -3.44. The van der Waals surface area contributed by atoms with Gasteiger partial charge < -0.3 is 9.55 Å². The molecule has 0 radical (unpaired) electrons. The summed E-state index contributed by atoms with van der Waals surface area (Å²) in [6, 6.07) is 23.3. The minimum absolute atomic E-state index is 0.0650. The quantitative estimate of drug-likeness (QED) is 0.489. The number of hydrogen-bond acceptors (Lipinski definition) is 1. The molecule has 6 heteroatoms. The summed E-state index contributed by atoms with van der Waals surface area (Å²) in [4.78, 5) is 20.0. The van der Waals surface area contributed by atoms with Gasteiger partial charge in [0, 0.05) is 29.7 Å². The molecule has 0 bridgehead atoms. The van der Waals surface area contributed by atoms with E-state index in [0.29, 0.717) is 17.1 Å². The Balaban J connectivity index is 1.84. The lowest BCUT2D eigenvalue weighted by molar-refractivity contribution is 0.0993. The zero-order valence-electron chi connectivity index (χ0n) is 16.3. The third-order valence-corrected chi connectivity index (χ3v) is 5.11. The van der Waals surface area contributed by atoms with E-state index in [-0.39, 0.29) is 5.56 Å². The van der Waals surface area contributed by atoms with Gasteiger partial charge in [0.1, 0.15) is 5.82 Å². The molecule has 0 aliphatic heterocycles. The number of halogens is 2. The van der Waals surface area contributed by atoms with Crippen LogP contribution in [-0.2, 0) is 13.5 Å². The van der Waals surface area contributed by atoms with Crippen LogP contribution in [-0.4, -0.2) is 15.5 Å². The highest BCUT2D eigenvalue weighted by Gasteiger charge is 2.15. The zero-order chi connectivity index (χ0) is 21.1. The molecule has 0 aliphatic rings. The van der Waals surface area contributed by atoms with Gasteiger partial charge in [-0.05, 0) is 29.8 Å². The average molecular weight is 420 g/mol. The third-order valence-electron chi connectivity index (χ3n) is 4.85. The second-order valence-electron chi connectivity index (χ2n) is 6.90. The van der Waals surface area contributed by atoms with Gasteiger partial charge in [-0.25, -0.2) is 4.39 Å². The van der Waals surface area contributed by atoms with Crippen molar-refractivity contribution in [3.8, 4) is 11.3 Å². The summed E-state index contributed by atoms with van der Waals surface area (Å²) in [5, 5.41) is 0.640. The standard InChI is InChI=1S/C24H19ClFN3O/c1-29-22(17-11-13-18(25)14-12-17)21(15-16-7-3-2-4-8-16)27-24(29)28-23(30)19-9-5-6-10-20(19)26/h2-14H,15H2,1H3,(H,27,28,30). The molecule has 0 unspecified atom stereocenters. The van der Waals surface area contributed by atoms with Gasteiger partial charge in [-0.3, -0.25) is 4.79 Å². The lowest BCUT2D eigenvalue weighted by atomic mass is 10.0. The lowest BCUT2D eigenvalue weighted by Crippen LogP contribution is -2.19. The molecule has 0 spiro atoms. The molecule has 0 aliphatic carbocycles. The largest absolute Gasteiger partial charge is 0.327 e. The molecule has 0 atom stereocenters. The number of nitrogens with zero attached hydrogens (tertiary/aromatic N) is 2. The van der Waals surface area contributed by atoms with Crippen molar-refractivity contribution in [1.29, 1.82) is 0 Å². The highest BCUT2D eigenvalue weighted by atomic mass is 35.5. The van der Waals surface area contributed by atoms with Crippen LogP contribution in [0.2, 0.25) is 5.02 Å². The summed E-state index contributed by atoms with van der Waals surface area (Å²) in [7, 11) is 1.82. The summed E-state index contributed by atoms with van der Waals surface area (Å²) in [6.07, 6.45) is 0.621. The predicted molar refractivity (Wildman–Crippen MR) is 116 cm³/mol. The van der Waals surface area contributed by atoms with Crippen LogP contribution in [0.1, 0.15) is 21.6 Å². The maximum Gasteiger partial charge on any atom is 0.283 e. The van der Waals surface area contributed by atoms with Gasteiger partial charge in [-0.1, -0.05) is 66.2 Å². The Morgan fingerprint density at radius 2 is 1.67 bits per heavy atom. The number of rotatable bonds is 4. The van der Waals surface area contributed by atoms with Gasteiger partial charge in [-0.2, -0.15) is 4.99 Å². The first-order valence-corrected chi connectivity index (χ1v) is 9.82. The number of carbonyl (C=O) groups is 1. The van der Waals surface area contributed by atoms with Crippen molar-refractivity contribution in [2.24, 2.45) is 12.0 Å². The van der Waals surface area contributed by atoms with Crippen molar-refractivity contribution in [2.45, 2.75) is 6.42 Å². The van der Waals surface area contributed by atoms with Gasteiger partial charge in [0.2, 0.25) is 5.62 Å². The van der Waals surface area contributed by atoms with E-state index in [0.717, 1.165) is 22.5 Å². The minimum Gasteiger partial charge on any atom is -0.327 e. The normalized spacial score (nSPS) is 11.6. The van der Waals surface area contributed by atoms with E-state index in [1.807, 2.05) is 61.6 Å². The molecular weight excluding hydrogens is 401 g/mol. The summed E-state index contributed by atoms with van der Waals surface area (Å²) in [5.41, 5.74) is 4.11. The second kappa shape index (κ2) is 8.51. The van der Waals surface area contributed by atoms with Crippen LogP contribution in [0.4, 0.5) is 4.39 Å². The lowest BCUT2D eigenvalue weighted by Gasteiger charge is -2.07. The van der Waals surface area contributed by atoms with Crippen LogP contribution < -0.4 is 5.62 Å². The Morgan fingerprint density at radius 3 is 2.37 bits per heavy atom. The molecule has 4 aromatic rings. The van der Waals surface area contributed by atoms with Crippen LogP contribution >= 0.6 is 11.6 Å². The summed E-state index contributed by atoms with van der Waals surface area (Å²) < 4.78 is 15.8. The van der Waals surface area contributed by atoms with Crippen LogP contribution in [0.15, 0.2) is 83.9 Å². The number of carbonyl (C=O) groups excluding carboxylic acids is 1. The Labute approximate surface area is 178 Å². The van der Waals surface area contributed by atoms with Crippen molar-refractivity contribution in [2.75, 3.05) is 0 Å². The number of hydrogen-bond donors (Lipinski definition) is 1. The molecule has 150 valence electrons. The number of aromatic amines is 1. The SMILES string of the molecule is Cn1c(-c2ccc(Cl)cc2)c(Cc2ccccc2)[nH]/c1=N\C(=O)c1ccccc1F. The number of H-pyrrole nitrogens is 1. The molecule has 4 nitrogen and oxygen atoms in total. The number of benzene rings is 3. The predicted octanol–water partition coefficient (Wildman–Crippen LogP) is 5.14. The Kier molecular flexibility index (Phi) is 5.63. The van der Waals surface area contributed by atoms with Crippen molar-refractivity contribution in [3.63, 3.8) is 0 Å². The van der Waals surface area contributed by atoms with Gasteiger partial charge >= 0.3 is 0 Å². The number of nitrogens with one attached hydrogen (secondary N) is 1. The molecule has 3 aromatic carbocycles. The van der Waals surface area contributed by atoms with E-state index in [4.69, 9.17) is 11.6 Å². The average Bonchev–Trinajstić information content (AvgIpc) is 3.04. The summed E-state index contributed by atoms with van der Waals surface area (Å²) in [5.74, 6) is -1.23. The number of aromatic nitrogens is 2. The van der Waals surface area contributed by atoms with Crippen LogP contribution in [0.3, 0.4) is 0 Å². The molecule has 4 rings (SSSR count). The topological polar surface area (TPSA) is 50.1 Å². The van der Waals surface area contributed by atoms with E-state index < -0.39 is 11.7 Å². The first kappa shape index (κ1) is 19.9. The summed E-state index contributed by atoms with van der Waals surface area (Å²) >= 11 is 6.05. The van der Waals surface area contributed by atoms with Crippen LogP contribution in [0, 0.1) is 5.82 Å². The maximum absolute atomic E-state index is 14.0. The molecule has 1 aromatic heterocycles. The third kappa shape index (κ3) is 4.11. The first-order chi connectivity index (χ1) is 14.5. The first-order valence-electron chi connectivity index (χ1n) is 9.44. The van der Waals surface area contributed by atoms with E-state index in [9.17, 15) is 9.18 Å². The van der Waals surface area contributed by atoms with Gasteiger partial charge in [0.15, 0.2) is 0 Å². The molecule has 1 amide bonds. The van der Waals surface area contributed by atoms with Gasteiger partial charge in [-0.15, -0.1) is 0 Å². The fourth-order valence-electron chi connectivity index (χ4n) is 3.38. The molecule has 0 saturated heterocycles. The van der Waals surface area contributed by atoms with E-state index in [1.165, 1.54) is 18.2 Å². The Bertz CT molecular complexity index is 1260. The fourth-order valence-corrected chi connectivity index (χ4v) is 3.51. The summed E-state index contributed by atoms with van der Waals surface area (Å²) in [6.45, 7) is 0. The van der Waals surface area contributed by atoms with Crippen molar-refractivity contribution in [1.82, 2.24) is 9.55 Å². The molecule has 0 saturated carbocycles. The fraction of sp³-hybridized carbons (Fsp3) is 0.0833. The molecule has 0 fully saturated rings. The van der Waals surface area contributed by atoms with E-state index in [1.54, 1.807) is 10.6 Å². The number of amides is 1.